The van der Waals surface area contributed by atoms with Crippen molar-refractivity contribution in [3.63, 3.8) is 0 Å². The van der Waals surface area contributed by atoms with Crippen LogP contribution in [0, 0.1) is 0 Å². The number of aryl methyl sites for hydroxylation is 1. The molecule has 1 aromatic heterocycles. The van der Waals surface area contributed by atoms with Crippen LogP contribution in [-0.2, 0) is 17.5 Å². The molecule has 0 atom stereocenters. The van der Waals surface area contributed by atoms with E-state index in [9.17, 15) is 26.7 Å². The number of benzene rings is 1. The summed E-state index contributed by atoms with van der Waals surface area (Å²) in [5.41, 5.74) is -0.343. The number of ether oxygens (including phenoxy) is 1. The molecular formula is C17H14BrClF5N3O2. The lowest BCUT2D eigenvalue weighted by molar-refractivity contribution is -0.142. The van der Waals surface area contributed by atoms with Crippen molar-refractivity contribution in [1.82, 2.24) is 9.78 Å². The van der Waals surface area contributed by atoms with Gasteiger partial charge in [-0.1, -0.05) is 11.6 Å². The first-order valence-electron chi connectivity index (χ1n) is 8.44. The van der Waals surface area contributed by atoms with Gasteiger partial charge in [0.05, 0.1) is 21.7 Å². The number of aromatic nitrogens is 2. The van der Waals surface area contributed by atoms with Gasteiger partial charge in [-0.15, -0.1) is 0 Å². The SMILES string of the molecule is O=C(CCn1nc(C(F)(F)F)c(Br)c1C1CC1)Nc1ccc(OC(F)F)c(Cl)c1. The second-order valence-corrected chi connectivity index (χ2v) is 7.57. The Balaban J connectivity index is 1.66. The maximum absolute atomic E-state index is 13.1. The van der Waals surface area contributed by atoms with Gasteiger partial charge in [0.1, 0.15) is 5.75 Å². The number of amides is 1. The zero-order chi connectivity index (χ0) is 21.3. The Hall–Kier alpha value is -1.88. The Labute approximate surface area is 175 Å². The van der Waals surface area contributed by atoms with Crippen LogP contribution in [0.25, 0.3) is 0 Å². The van der Waals surface area contributed by atoms with E-state index in [1.165, 1.54) is 22.9 Å². The van der Waals surface area contributed by atoms with Crippen molar-refractivity contribution >= 4 is 39.1 Å². The summed E-state index contributed by atoms with van der Waals surface area (Å²) < 4.78 is 69.1. The lowest BCUT2D eigenvalue weighted by atomic mass is 10.2. The van der Waals surface area contributed by atoms with Gasteiger partial charge < -0.3 is 10.1 Å². The van der Waals surface area contributed by atoms with E-state index in [1.54, 1.807) is 0 Å². The highest BCUT2D eigenvalue weighted by atomic mass is 79.9. The molecule has 0 aliphatic heterocycles. The third-order valence-electron chi connectivity index (χ3n) is 4.15. The van der Waals surface area contributed by atoms with Crippen molar-refractivity contribution in [2.45, 2.75) is 44.5 Å². The fraction of sp³-hybridized carbons (Fsp3) is 0.412. The second-order valence-electron chi connectivity index (χ2n) is 6.36. The number of anilines is 1. The van der Waals surface area contributed by atoms with Gasteiger partial charge in [-0.05, 0) is 47.0 Å². The molecule has 5 nitrogen and oxygen atoms in total. The fourth-order valence-corrected chi connectivity index (χ4v) is 3.81. The largest absolute Gasteiger partial charge is 0.436 e. The van der Waals surface area contributed by atoms with Gasteiger partial charge in [0.2, 0.25) is 5.91 Å². The standard InChI is InChI=1S/C17H14BrClF5N3O2/c18-13-14(8-1-2-8)27(26-15(13)17(22,23)24)6-5-12(28)25-9-3-4-11(10(19)7-9)29-16(20)21/h3-4,7-8,16H,1-2,5-6H2,(H,25,28). The van der Waals surface area contributed by atoms with E-state index in [-0.39, 0.29) is 39.8 Å². The molecule has 1 heterocycles. The molecule has 1 fully saturated rings. The second kappa shape index (κ2) is 8.47. The molecule has 1 aliphatic carbocycles. The van der Waals surface area contributed by atoms with E-state index in [0.717, 1.165) is 12.8 Å². The van der Waals surface area contributed by atoms with Crippen molar-refractivity contribution in [3.05, 3.63) is 39.1 Å². The van der Waals surface area contributed by atoms with Crippen LogP contribution < -0.4 is 10.1 Å². The van der Waals surface area contributed by atoms with E-state index in [2.05, 4.69) is 31.1 Å². The summed E-state index contributed by atoms with van der Waals surface area (Å²) in [4.78, 5) is 12.2. The van der Waals surface area contributed by atoms with Gasteiger partial charge >= 0.3 is 12.8 Å². The molecule has 1 amide bonds. The Morgan fingerprint density at radius 2 is 2.07 bits per heavy atom. The normalized spacial score (nSPS) is 14.3. The van der Waals surface area contributed by atoms with Crippen LogP contribution in [0.4, 0.5) is 27.6 Å². The first kappa shape index (κ1) is 21.8. The molecule has 0 unspecified atom stereocenters. The van der Waals surface area contributed by atoms with Crippen molar-refractivity contribution in [1.29, 1.82) is 0 Å². The molecule has 1 aromatic carbocycles. The first-order chi connectivity index (χ1) is 13.6. The van der Waals surface area contributed by atoms with Crippen LogP contribution >= 0.6 is 27.5 Å². The summed E-state index contributed by atoms with van der Waals surface area (Å²) in [6.07, 6.45) is -3.22. The van der Waals surface area contributed by atoms with Crippen LogP contribution in [-0.4, -0.2) is 22.3 Å². The molecule has 29 heavy (non-hydrogen) atoms. The summed E-state index contributed by atoms with van der Waals surface area (Å²) in [6.45, 7) is -3.09. The monoisotopic (exact) mass is 501 g/mol. The van der Waals surface area contributed by atoms with Gasteiger partial charge in [0, 0.05) is 18.0 Å². The molecule has 1 saturated carbocycles. The van der Waals surface area contributed by atoms with Gasteiger partial charge in [-0.25, -0.2) is 0 Å². The molecule has 3 rings (SSSR count). The van der Waals surface area contributed by atoms with Crippen LogP contribution in [0.3, 0.4) is 0 Å². The average Bonchev–Trinajstić information content (AvgIpc) is 3.37. The van der Waals surface area contributed by atoms with Crippen molar-refractivity contribution < 1.29 is 31.5 Å². The summed E-state index contributed by atoms with van der Waals surface area (Å²) in [6, 6.07) is 3.73. The van der Waals surface area contributed by atoms with Crippen molar-refractivity contribution in [3.8, 4) is 5.75 Å². The number of halogens is 7. The molecule has 12 heteroatoms. The zero-order valence-corrected chi connectivity index (χ0v) is 16.9. The maximum Gasteiger partial charge on any atom is 0.436 e. The Bertz CT molecular complexity index is 915. The molecule has 0 radical (unpaired) electrons. The van der Waals surface area contributed by atoms with Gasteiger partial charge in [-0.3, -0.25) is 9.48 Å². The third kappa shape index (κ3) is 5.39. The molecule has 0 spiro atoms. The van der Waals surface area contributed by atoms with Crippen molar-refractivity contribution in [2.75, 3.05) is 5.32 Å². The van der Waals surface area contributed by atoms with E-state index in [4.69, 9.17) is 11.6 Å². The van der Waals surface area contributed by atoms with Crippen LogP contribution in [0.1, 0.15) is 36.6 Å². The maximum atomic E-state index is 13.1. The van der Waals surface area contributed by atoms with E-state index < -0.39 is 24.4 Å². The third-order valence-corrected chi connectivity index (χ3v) is 5.22. The predicted molar refractivity (Wildman–Crippen MR) is 98.2 cm³/mol. The number of hydrogen-bond donors (Lipinski definition) is 1. The smallest absolute Gasteiger partial charge is 0.433 e. The molecule has 1 N–H and O–H groups in total. The van der Waals surface area contributed by atoms with Gasteiger partial charge in [0.25, 0.3) is 0 Å². The van der Waals surface area contributed by atoms with Gasteiger partial charge in [0.15, 0.2) is 5.69 Å². The first-order valence-corrected chi connectivity index (χ1v) is 9.61. The summed E-state index contributed by atoms with van der Waals surface area (Å²) in [7, 11) is 0. The molecule has 2 aromatic rings. The predicted octanol–water partition coefficient (Wildman–Crippen LogP) is 5.83. The Kier molecular flexibility index (Phi) is 6.37. The Morgan fingerprint density at radius 1 is 1.38 bits per heavy atom. The minimum atomic E-state index is -4.60. The van der Waals surface area contributed by atoms with E-state index in [0.29, 0.717) is 5.69 Å². The van der Waals surface area contributed by atoms with Gasteiger partial charge in [-0.2, -0.15) is 27.1 Å². The van der Waals surface area contributed by atoms with Crippen LogP contribution in [0.15, 0.2) is 22.7 Å². The minimum absolute atomic E-state index is 0.0165. The lowest BCUT2D eigenvalue weighted by Gasteiger charge is -2.10. The summed E-state index contributed by atoms with van der Waals surface area (Å²) >= 11 is 8.81. The number of carbonyl (C=O) groups excluding carboxylic acids is 1. The molecule has 1 aliphatic rings. The number of rotatable bonds is 7. The lowest BCUT2D eigenvalue weighted by Crippen LogP contribution is -2.16. The molecule has 158 valence electrons. The fourth-order valence-electron chi connectivity index (χ4n) is 2.75. The highest BCUT2D eigenvalue weighted by Gasteiger charge is 2.41. The molecule has 0 saturated heterocycles. The number of nitrogens with zero attached hydrogens (tertiary/aromatic N) is 2. The minimum Gasteiger partial charge on any atom is -0.433 e. The number of nitrogens with one attached hydrogen (secondary N) is 1. The quantitative estimate of drug-likeness (QED) is 0.485. The Morgan fingerprint density at radius 3 is 2.62 bits per heavy atom. The zero-order valence-electron chi connectivity index (χ0n) is 14.6. The average molecular weight is 503 g/mol. The molecule has 0 bridgehead atoms. The number of carbonyl (C=O) groups is 1. The topological polar surface area (TPSA) is 56.2 Å². The molecular weight excluding hydrogens is 489 g/mol. The number of hydrogen-bond acceptors (Lipinski definition) is 3. The van der Waals surface area contributed by atoms with Crippen LogP contribution in [0.2, 0.25) is 5.02 Å². The van der Waals surface area contributed by atoms with Crippen LogP contribution in [0.5, 0.6) is 5.75 Å². The summed E-state index contributed by atoms with van der Waals surface area (Å²) in [5, 5.41) is 6.02. The van der Waals surface area contributed by atoms with E-state index in [1.807, 2.05) is 0 Å². The van der Waals surface area contributed by atoms with Crippen molar-refractivity contribution in [2.24, 2.45) is 0 Å². The highest BCUT2D eigenvalue weighted by molar-refractivity contribution is 9.10. The number of alkyl halides is 5. The van der Waals surface area contributed by atoms with E-state index >= 15 is 0 Å². The highest BCUT2D eigenvalue weighted by Crippen LogP contribution is 2.47. The summed E-state index contributed by atoms with van der Waals surface area (Å²) in [5.74, 6) is -0.752.